The topological polar surface area (TPSA) is 129 Å². The van der Waals surface area contributed by atoms with Crippen molar-refractivity contribution in [1.82, 2.24) is 15.0 Å². The summed E-state index contributed by atoms with van der Waals surface area (Å²) >= 11 is 12.0. The van der Waals surface area contributed by atoms with Crippen molar-refractivity contribution >= 4 is 40.8 Å². The second-order valence-corrected chi connectivity index (χ2v) is 13.0. The van der Waals surface area contributed by atoms with Gasteiger partial charge in [-0.1, -0.05) is 107 Å². The van der Waals surface area contributed by atoms with Crippen LogP contribution in [0.5, 0.6) is 0 Å². The molecule has 0 bridgehead atoms. The summed E-state index contributed by atoms with van der Waals surface area (Å²) in [6, 6.07) is 27.1. The molecule has 254 valence electrons. The molecule has 50 heavy (non-hydrogen) atoms. The minimum Gasteiger partial charge on any atom is -0.480 e. The molecule has 1 aliphatic carbocycles. The number of carboxylic acids is 1. The Kier molecular flexibility index (Phi) is 10.9. The summed E-state index contributed by atoms with van der Waals surface area (Å²) in [5.41, 5.74) is 6.56. The number of carbonyl (C=O) groups is 2. The van der Waals surface area contributed by atoms with Crippen LogP contribution < -0.4 is 5.32 Å². The third kappa shape index (κ3) is 8.74. The number of carboxylic acid groups (broad SMARTS) is 1. The highest BCUT2D eigenvalue weighted by molar-refractivity contribution is 6.42. The Labute approximate surface area is 299 Å². The zero-order chi connectivity index (χ0) is 35.2. The van der Waals surface area contributed by atoms with Crippen molar-refractivity contribution in [3.63, 3.8) is 0 Å². The predicted octanol–water partition coefficient (Wildman–Crippen LogP) is 8.46. The maximum atomic E-state index is 12.6. The van der Waals surface area contributed by atoms with Crippen LogP contribution in [0.2, 0.25) is 10.0 Å². The lowest BCUT2D eigenvalue weighted by molar-refractivity contribution is -0.142. The normalized spacial score (nSPS) is 14.7. The molecule has 4 aromatic carbocycles. The molecular formula is C39H34Cl2N4O5. The highest BCUT2D eigenvalue weighted by Crippen LogP contribution is 2.30. The molecule has 0 fully saturated rings. The first-order chi connectivity index (χ1) is 24.1. The number of hydrogen-bond donors (Lipinski definition) is 3. The fourth-order valence-corrected chi connectivity index (χ4v) is 6.01. The standard InChI is InChI=1S/C39H34Cl2N4O5/c1-24-2-7-27(8-3-24)28-11-13-30(14-12-28)38-43-37(44-50-38)29-9-4-25(5-10-29)22-45(23-36(47)48)39(49)31-15-17-32(18-16-31)42-35(46)21-26-6-19-33(40)34(41)20-26/h2-7,9-20,27,39,49H,8,21-23H2,1H3,(H,42,46)(H,47,48). The summed E-state index contributed by atoms with van der Waals surface area (Å²) in [5.74, 6) is -0.137. The van der Waals surface area contributed by atoms with Gasteiger partial charge >= 0.3 is 5.97 Å². The van der Waals surface area contributed by atoms with Gasteiger partial charge in [-0.3, -0.25) is 14.5 Å². The van der Waals surface area contributed by atoms with E-state index in [-0.39, 0.29) is 18.9 Å². The maximum Gasteiger partial charge on any atom is 0.317 e. The van der Waals surface area contributed by atoms with Crippen LogP contribution >= 0.6 is 23.2 Å². The minimum atomic E-state index is -1.22. The Morgan fingerprint density at radius 2 is 1.64 bits per heavy atom. The van der Waals surface area contributed by atoms with Gasteiger partial charge in [-0.15, -0.1) is 0 Å². The number of anilines is 1. The summed E-state index contributed by atoms with van der Waals surface area (Å²) in [7, 11) is 0. The molecule has 3 N–H and O–H groups in total. The van der Waals surface area contributed by atoms with Gasteiger partial charge in [0.1, 0.15) is 6.23 Å². The third-order valence-electron chi connectivity index (χ3n) is 8.42. The largest absolute Gasteiger partial charge is 0.480 e. The van der Waals surface area contributed by atoms with Crippen molar-refractivity contribution in [2.45, 2.75) is 38.5 Å². The van der Waals surface area contributed by atoms with Crippen LogP contribution in [0.15, 0.2) is 119 Å². The van der Waals surface area contributed by atoms with Crippen LogP contribution in [0, 0.1) is 0 Å². The number of halogens is 2. The summed E-state index contributed by atoms with van der Waals surface area (Å²) in [6.45, 7) is 1.86. The van der Waals surface area contributed by atoms with E-state index in [2.05, 4.69) is 52.7 Å². The van der Waals surface area contributed by atoms with Crippen molar-refractivity contribution in [3.05, 3.63) is 147 Å². The highest BCUT2D eigenvalue weighted by atomic mass is 35.5. The number of aliphatic carboxylic acids is 1. The van der Waals surface area contributed by atoms with E-state index in [4.69, 9.17) is 27.7 Å². The third-order valence-corrected chi connectivity index (χ3v) is 9.16. The van der Waals surface area contributed by atoms with Crippen LogP contribution in [0.3, 0.4) is 0 Å². The quantitative estimate of drug-likeness (QED) is 0.110. The van der Waals surface area contributed by atoms with E-state index in [1.54, 1.807) is 42.5 Å². The molecule has 6 rings (SSSR count). The lowest BCUT2D eigenvalue weighted by atomic mass is 9.90. The second-order valence-electron chi connectivity index (χ2n) is 12.2. The Bertz CT molecular complexity index is 2040. The minimum absolute atomic E-state index is 0.102. The van der Waals surface area contributed by atoms with Crippen LogP contribution in [-0.4, -0.2) is 43.7 Å². The lowest BCUT2D eigenvalue weighted by Gasteiger charge is -2.27. The van der Waals surface area contributed by atoms with Crippen molar-refractivity contribution in [2.75, 3.05) is 11.9 Å². The average molecular weight is 710 g/mol. The molecule has 1 aromatic heterocycles. The molecule has 0 aliphatic heterocycles. The molecule has 0 saturated carbocycles. The van der Waals surface area contributed by atoms with Crippen LogP contribution in [0.1, 0.15) is 47.7 Å². The Balaban J connectivity index is 1.07. The van der Waals surface area contributed by atoms with E-state index >= 15 is 0 Å². The fraction of sp³-hybridized carbons (Fsp3) is 0.179. The van der Waals surface area contributed by atoms with Crippen molar-refractivity contribution in [2.24, 2.45) is 0 Å². The summed E-state index contributed by atoms with van der Waals surface area (Å²) in [6.07, 6.45) is 6.48. The molecular weight excluding hydrogens is 675 g/mol. The van der Waals surface area contributed by atoms with Crippen molar-refractivity contribution < 1.29 is 24.3 Å². The van der Waals surface area contributed by atoms with E-state index in [1.165, 1.54) is 16.0 Å². The maximum absolute atomic E-state index is 12.6. The van der Waals surface area contributed by atoms with Gasteiger partial charge in [0.2, 0.25) is 11.7 Å². The number of rotatable bonds is 12. The number of aromatic nitrogens is 2. The van der Waals surface area contributed by atoms with E-state index < -0.39 is 18.7 Å². The number of nitrogens with zero attached hydrogens (tertiary/aromatic N) is 3. The van der Waals surface area contributed by atoms with Gasteiger partial charge in [-0.2, -0.15) is 4.98 Å². The predicted molar refractivity (Wildman–Crippen MR) is 194 cm³/mol. The molecule has 2 unspecified atom stereocenters. The number of aliphatic hydroxyl groups is 1. The van der Waals surface area contributed by atoms with E-state index in [9.17, 15) is 19.8 Å². The molecule has 0 spiro atoms. The van der Waals surface area contributed by atoms with Crippen LogP contribution in [0.4, 0.5) is 5.69 Å². The first-order valence-electron chi connectivity index (χ1n) is 16.0. The SMILES string of the molecule is CC1=CCC(c2ccc(-c3nc(-c4ccc(CN(CC(=O)O)C(O)c5ccc(NC(=O)Cc6ccc(Cl)c(Cl)c6)cc5)cc4)no3)cc2)C=C1. The van der Waals surface area contributed by atoms with Gasteiger partial charge in [0, 0.05) is 29.3 Å². The first kappa shape index (κ1) is 34.8. The number of amides is 1. The van der Waals surface area contributed by atoms with Gasteiger partial charge in [0.25, 0.3) is 5.89 Å². The smallest absolute Gasteiger partial charge is 0.317 e. The molecule has 0 radical (unpaired) electrons. The molecule has 1 aliphatic rings. The lowest BCUT2D eigenvalue weighted by Crippen LogP contribution is -2.33. The zero-order valence-electron chi connectivity index (χ0n) is 27.1. The van der Waals surface area contributed by atoms with Crippen molar-refractivity contribution in [3.8, 4) is 22.8 Å². The Morgan fingerprint density at radius 1 is 0.940 bits per heavy atom. The van der Waals surface area contributed by atoms with Crippen molar-refractivity contribution in [1.29, 1.82) is 0 Å². The molecule has 1 amide bonds. The summed E-state index contributed by atoms with van der Waals surface area (Å²) in [4.78, 5) is 30.3. The molecule has 2 atom stereocenters. The zero-order valence-corrected chi connectivity index (χ0v) is 28.6. The van der Waals surface area contributed by atoms with Crippen LogP contribution in [-0.2, 0) is 22.6 Å². The number of hydrogen-bond acceptors (Lipinski definition) is 7. The first-order valence-corrected chi connectivity index (χ1v) is 16.7. The Morgan fingerprint density at radius 3 is 2.30 bits per heavy atom. The second kappa shape index (κ2) is 15.7. The Hall–Kier alpha value is -5.06. The number of carbonyl (C=O) groups excluding carboxylic acids is 1. The summed E-state index contributed by atoms with van der Waals surface area (Å²) < 4.78 is 5.56. The number of aliphatic hydroxyl groups excluding tert-OH is 1. The van der Waals surface area contributed by atoms with Crippen LogP contribution in [0.25, 0.3) is 22.8 Å². The fourth-order valence-electron chi connectivity index (χ4n) is 5.69. The van der Waals surface area contributed by atoms with E-state index in [0.717, 1.165) is 23.1 Å². The highest BCUT2D eigenvalue weighted by Gasteiger charge is 2.21. The summed E-state index contributed by atoms with van der Waals surface area (Å²) in [5, 5.41) is 28.5. The van der Waals surface area contributed by atoms with Gasteiger partial charge in [-0.05, 0) is 72.0 Å². The average Bonchev–Trinajstić information content (AvgIpc) is 3.61. The number of benzene rings is 4. The van der Waals surface area contributed by atoms with E-state index in [0.29, 0.717) is 44.5 Å². The molecule has 11 heteroatoms. The number of allylic oxidation sites excluding steroid dienone is 4. The monoisotopic (exact) mass is 708 g/mol. The van der Waals surface area contributed by atoms with Gasteiger partial charge in [0.15, 0.2) is 0 Å². The van der Waals surface area contributed by atoms with E-state index in [1.807, 2.05) is 36.4 Å². The molecule has 0 saturated heterocycles. The molecule has 9 nitrogen and oxygen atoms in total. The number of nitrogens with one attached hydrogen (secondary N) is 1. The van der Waals surface area contributed by atoms with Gasteiger partial charge in [0.05, 0.1) is 23.0 Å². The van der Waals surface area contributed by atoms with Gasteiger partial charge < -0.3 is 20.1 Å². The molecule has 5 aromatic rings. The van der Waals surface area contributed by atoms with Gasteiger partial charge in [-0.25, -0.2) is 0 Å². The molecule has 1 heterocycles.